The van der Waals surface area contributed by atoms with E-state index in [1.807, 2.05) is 0 Å². The van der Waals surface area contributed by atoms with E-state index in [4.69, 9.17) is 16.7 Å². The molecule has 2 aromatic carbocycles. The predicted octanol–water partition coefficient (Wildman–Crippen LogP) is 4.82. The third kappa shape index (κ3) is 4.06. The van der Waals surface area contributed by atoms with E-state index in [9.17, 15) is 9.59 Å². The van der Waals surface area contributed by atoms with Gasteiger partial charge in [0.2, 0.25) is 0 Å². The SMILES string of the molecule is O=C(O)c1cc(Br)cc(NC(=O)c2ccc(Br)cc2Cl)c1. The molecule has 0 fully saturated rings. The molecule has 108 valence electrons. The Morgan fingerprint density at radius 2 is 1.76 bits per heavy atom. The fraction of sp³-hybridized carbons (Fsp3) is 0. The van der Waals surface area contributed by atoms with Gasteiger partial charge in [0, 0.05) is 14.6 Å². The lowest BCUT2D eigenvalue weighted by Crippen LogP contribution is -2.13. The standard InChI is InChI=1S/C14H8Br2ClNO3/c15-8-1-2-11(12(17)6-8)13(19)18-10-4-7(14(20)21)3-9(16)5-10/h1-6H,(H,18,19)(H,20,21). The molecule has 0 aliphatic carbocycles. The molecule has 21 heavy (non-hydrogen) atoms. The van der Waals surface area contributed by atoms with Gasteiger partial charge < -0.3 is 10.4 Å². The van der Waals surface area contributed by atoms with Crippen LogP contribution in [-0.2, 0) is 0 Å². The van der Waals surface area contributed by atoms with Gasteiger partial charge in [-0.05, 0) is 36.4 Å². The number of carbonyl (C=O) groups is 2. The van der Waals surface area contributed by atoms with Gasteiger partial charge in [-0.15, -0.1) is 0 Å². The maximum atomic E-state index is 12.2. The molecule has 0 saturated carbocycles. The summed E-state index contributed by atoms with van der Waals surface area (Å²) in [7, 11) is 0. The van der Waals surface area contributed by atoms with Crippen LogP contribution in [0.15, 0.2) is 45.3 Å². The Bertz CT molecular complexity index is 734. The van der Waals surface area contributed by atoms with Crippen molar-refractivity contribution in [1.82, 2.24) is 0 Å². The van der Waals surface area contributed by atoms with Gasteiger partial charge in [-0.25, -0.2) is 4.79 Å². The summed E-state index contributed by atoms with van der Waals surface area (Å²) in [6.07, 6.45) is 0. The Hall–Kier alpha value is -1.37. The average Bonchev–Trinajstić information content (AvgIpc) is 2.37. The molecule has 4 nitrogen and oxygen atoms in total. The molecule has 0 saturated heterocycles. The number of rotatable bonds is 3. The number of amides is 1. The first-order valence-electron chi connectivity index (χ1n) is 5.67. The first-order chi connectivity index (χ1) is 9.86. The molecular formula is C14H8Br2ClNO3. The fourth-order valence-electron chi connectivity index (χ4n) is 1.66. The Morgan fingerprint density at radius 1 is 1.05 bits per heavy atom. The van der Waals surface area contributed by atoms with E-state index in [2.05, 4.69) is 37.2 Å². The Balaban J connectivity index is 2.29. The van der Waals surface area contributed by atoms with Crippen molar-refractivity contribution < 1.29 is 14.7 Å². The van der Waals surface area contributed by atoms with Crippen LogP contribution in [0.1, 0.15) is 20.7 Å². The number of carbonyl (C=O) groups excluding carboxylic acids is 1. The molecule has 0 bridgehead atoms. The average molecular weight is 433 g/mol. The second-order valence-corrected chi connectivity index (χ2v) is 6.35. The minimum absolute atomic E-state index is 0.0709. The highest BCUT2D eigenvalue weighted by molar-refractivity contribution is 9.10. The molecule has 7 heteroatoms. The van der Waals surface area contributed by atoms with E-state index in [0.717, 1.165) is 4.47 Å². The van der Waals surface area contributed by atoms with Gasteiger partial charge in [-0.2, -0.15) is 0 Å². The van der Waals surface area contributed by atoms with Crippen LogP contribution in [0.2, 0.25) is 5.02 Å². The number of aromatic carboxylic acids is 1. The summed E-state index contributed by atoms with van der Waals surface area (Å²) >= 11 is 12.5. The van der Waals surface area contributed by atoms with Crippen molar-refractivity contribution in [2.45, 2.75) is 0 Å². The number of carboxylic acid groups (broad SMARTS) is 1. The topological polar surface area (TPSA) is 66.4 Å². The van der Waals surface area contributed by atoms with Crippen LogP contribution < -0.4 is 5.32 Å². The molecule has 2 N–H and O–H groups in total. The van der Waals surface area contributed by atoms with E-state index in [-0.39, 0.29) is 5.56 Å². The molecule has 0 atom stereocenters. The maximum absolute atomic E-state index is 12.2. The number of hydrogen-bond acceptors (Lipinski definition) is 2. The summed E-state index contributed by atoms with van der Waals surface area (Å²) in [6.45, 7) is 0. The molecule has 0 radical (unpaired) electrons. The Morgan fingerprint density at radius 3 is 2.38 bits per heavy atom. The highest BCUT2D eigenvalue weighted by Gasteiger charge is 2.13. The van der Waals surface area contributed by atoms with Crippen LogP contribution in [0, 0.1) is 0 Å². The quantitative estimate of drug-likeness (QED) is 0.730. The molecule has 2 rings (SSSR count). The molecule has 2 aromatic rings. The third-order valence-electron chi connectivity index (χ3n) is 2.58. The summed E-state index contributed by atoms with van der Waals surface area (Å²) in [5.41, 5.74) is 0.740. The second-order valence-electron chi connectivity index (χ2n) is 4.11. The number of carboxylic acids is 1. The zero-order valence-corrected chi connectivity index (χ0v) is 14.3. The highest BCUT2D eigenvalue weighted by atomic mass is 79.9. The van der Waals surface area contributed by atoms with Crippen LogP contribution in [0.5, 0.6) is 0 Å². The van der Waals surface area contributed by atoms with Gasteiger partial charge in [0.15, 0.2) is 0 Å². The summed E-state index contributed by atoms with van der Waals surface area (Å²) in [4.78, 5) is 23.2. The number of benzene rings is 2. The lowest BCUT2D eigenvalue weighted by atomic mass is 10.1. The lowest BCUT2D eigenvalue weighted by molar-refractivity contribution is 0.0696. The summed E-state index contributed by atoms with van der Waals surface area (Å²) in [6, 6.07) is 9.32. The maximum Gasteiger partial charge on any atom is 0.335 e. The summed E-state index contributed by atoms with van der Waals surface area (Å²) in [5.74, 6) is -1.49. The van der Waals surface area contributed by atoms with E-state index in [1.165, 1.54) is 12.1 Å². The smallest absolute Gasteiger partial charge is 0.335 e. The first-order valence-corrected chi connectivity index (χ1v) is 7.63. The van der Waals surface area contributed by atoms with Gasteiger partial charge in [0.05, 0.1) is 16.1 Å². The first kappa shape index (κ1) is 16.0. The molecule has 0 unspecified atom stereocenters. The van der Waals surface area contributed by atoms with Crippen LogP contribution in [0.4, 0.5) is 5.69 Å². The van der Waals surface area contributed by atoms with E-state index in [1.54, 1.807) is 24.3 Å². The van der Waals surface area contributed by atoms with Crippen molar-refractivity contribution in [2.24, 2.45) is 0 Å². The van der Waals surface area contributed by atoms with Crippen molar-refractivity contribution in [3.05, 3.63) is 61.5 Å². The third-order valence-corrected chi connectivity index (χ3v) is 3.84. The number of nitrogens with one attached hydrogen (secondary N) is 1. The molecule has 0 aliphatic rings. The van der Waals surface area contributed by atoms with Gasteiger partial charge in [-0.3, -0.25) is 4.79 Å². The van der Waals surface area contributed by atoms with Gasteiger partial charge in [0.25, 0.3) is 5.91 Å². The van der Waals surface area contributed by atoms with Crippen molar-refractivity contribution in [3.8, 4) is 0 Å². The van der Waals surface area contributed by atoms with Crippen molar-refractivity contribution in [3.63, 3.8) is 0 Å². The van der Waals surface area contributed by atoms with E-state index >= 15 is 0 Å². The number of hydrogen-bond donors (Lipinski definition) is 2. The fourth-order valence-corrected chi connectivity index (χ4v) is 2.91. The largest absolute Gasteiger partial charge is 0.478 e. The van der Waals surface area contributed by atoms with Gasteiger partial charge in [-0.1, -0.05) is 43.5 Å². The van der Waals surface area contributed by atoms with Crippen LogP contribution >= 0.6 is 43.5 Å². The normalized spacial score (nSPS) is 10.2. The minimum atomic E-state index is -1.08. The van der Waals surface area contributed by atoms with Crippen LogP contribution in [0.3, 0.4) is 0 Å². The van der Waals surface area contributed by atoms with Crippen molar-refractivity contribution in [2.75, 3.05) is 5.32 Å². The summed E-state index contributed by atoms with van der Waals surface area (Å²) in [5, 5.41) is 11.9. The molecule has 0 aliphatic heterocycles. The second kappa shape index (κ2) is 6.60. The van der Waals surface area contributed by atoms with Crippen LogP contribution in [0.25, 0.3) is 0 Å². The van der Waals surface area contributed by atoms with Crippen LogP contribution in [-0.4, -0.2) is 17.0 Å². The predicted molar refractivity (Wildman–Crippen MR) is 88.2 cm³/mol. The summed E-state index contributed by atoms with van der Waals surface area (Å²) < 4.78 is 1.32. The van der Waals surface area contributed by atoms with Gasteiger partial charge in [0.1, 0.15) is 0 Å². The van der Waals surface area contributed by atoms with Gasteiger partial charge >= 0.3 is 5.97 Å². The minimum Gasteiger partial charge on any atom is -0.478 e. The Labute approximate surface area is 142 Å². The monoisotopic (exact) mass is 431 g/mol. The van der Waals surface area contributed by atoms with E-state index in [0.29, 0.717) is 20.7 Å². The molecule has 0 aromatic heterocycles. The zero-order chi connectivity index (χ0) is 15.6. The van der Waals surface area contributed by atoms with Crippen molar-refractivity contribution >= 4 is 61.0 Å². The number of halogens is 3. The molecular weight excluding hydrogens is 425 g/mol. The Kier molecular flexibility index (Phi) is 5.03. The highest BCUT2D eigenvalue weighted by Crippen LogP contribution is 2.24. The molecule has 1 amide bonds. The number of anilines is 1. The molecule has 0 spiro atoms. The van der Waals surface area contributed by atoms with Crippen molar-refractivity contribution in [1.29, 1.82) is 0 Å². The molecule has 0 heterocycles. The van der Waals surface area contributed by atoms with E-state index < -0.39 is 11.9 Å². The lowest BCUT2D eigenvalue weighted by Gasteiger charge is -2.08. The zero-order valence-electron chi connectivity index (χ0n) is 10.4.